The molecule has 2 aromatic heterocycles. The summed E-state index contributed by atoms with van der Waals surface area (Å²) in [5.41, 5.74) is 0. The predicted molar refractivity (Wildman–Crippen MR) is 67.1 cm³/mol. The molecule has 1 amide bonds. The third-order valence-corrected chi connectivity index (χ3v) is 3.63. The van der Waals surface area contributed by atoms with E-state index < -0.39 is 28.8 Å². The molecule has 1 N–H and O–H groups in total. The maximum absolute atomic E-state index is 12.3. The minimum absolute atomic E-state index is 0.00830. The summed E-state index contributed by atoms with van der Waals surface area (Å²) in [4.78, 5) is 22.4. The number of rotatable bonds is 4. The third-order valence-electron chi connectivity index (χ3n) is 2.54. The Balaban J connectivity index is 2.07. The zero-order valence-corrected chi connectivity index (χ0v) is 11.4. The van der Waals surface area contributed by atoms with Crippen LogP contribution in [0.1, 0.15) is 38.1 Å². The molecule has 2 aromatic rings. The Labute approximate surface area is 120 Å². The van der Waals surface area contributed by atoms with Crippen molar-refractivity contribution in [3.05, 3.63) is 39.9 Å². The molecule has 2 rings (SSSR count). The van der Waals surface area contributed by atoms with E-state index >= 15 is 0 Å². The molecule has 2 heterocycles. The van der Waals surface area contributed by atoms with Gasteiger partial charge in [-0.3, -0.25) is 9.59 Å². The van der Waals surface area contributed by atoms with Crippen molar-refractivity contribution in [1.82, 2.24) is 10.5 Å². The number of Topliss-reactive ketones (excluding diaryl/α,β-unsaturated/α-hetero) is 1. The number of thiophene rings is 1. The van der Waals surface area contributed by atoms with Crippen LogP contribution in [0.4, 0.5) is 13.2 Å². The molecule has 112 valence electrons. The summed E-state index contributed by atoms with van der Waals surface area (Å²) < 4.78 is 41.7. The molecule has 0 aliphatic carbocycles. The summed E-state index contributed by atoms with van der Waals surface area (Å²) in [6, 6.07) is 3.21. The normalized spacial score (nSPS) is 13.0. The highest BCUT2D eigenvalue weighted by molar-refractivity contribution is 7.16. The first-order valence-corrected chi connectivity index (χ1v) is 6.53. The van der Waals surface area contributed by atoms with Crippen LogP contribution in [0, 0.1) is 0 Å². The van der Waals surface area contributed by atoms with Gasteiger partial charge in [0.05, 0.1) is 22.0 Å². The monoisotopic (exact) mass is 318 g/mol. The van der Waals surface area contributed by atoms with E-state index in [0.29, 0.717) is 17.1 Å². The maximum Gasteiger partial charge on any atom is 0.455 e. The van der Waals surface area contributed by atoms with Crippen LogP contribution in [0.25, 0.3) is 0 Å². The van der Waals surface area contributed by atoms with Gasteiger partial charge in [0.2, 0.25) is 0 Å². The van der Waals surface area contributed by atoms with E-state index in [0.717, 1.165) is 6.07 Å². The number of ketones is 1. The van der Waals surface area contributed by atoms with Gasteiger partial charge in [-0.25, -0.2) is 0 Å². The van der Waals surface area contributed by atoms with Gasteiger partial charge in [-0.1, -0.05) is 5.16 Å². The fourth-order valence-electron chi connectivity index (χ4n) is 1.51. The van der Waals surface area contributed by atoms with E-state index in [1.807, 2.05) is 0 Å². The van der Waals surface area contributed by atoms with Crippen molar-refractivity contribution < 1.29 is 27.3 Å². The molecule has 0 aliphatic rings. The molecule has 0 aliphatic heterocycles. The molecule has 0 saturated heterocycles. The molecule has 0 radical (unpaired) electrons. The lowest BCUT2D eigenvalue weighted by Gasteiger charge is -2.09. The van der Waals surface area contributed by atoms with Crippen LogP contribution >= 0.6 is 11.3 Å². The van der Waals surface area contributed by atoms with Crippen LogP contribution in [0.15, 0.2) is 28.9 Å². The molecular weight excluding hydrogens is 309 g/mol. The summed E-state index contributed by atoms with van der Waals surface area (Å²) in [6.07, 6.45) is -3.55. The quantitative estimate of drug-likeness (QED) is 0.880. The van der Waals surface area contributed by atoms with E-state index in [9.17, 15) is 22.8 Å². The number of carbonyl (C=O) groups excluding carboxylic acids is 2. The van der Waals surface area contributed by atoms with Gasteiger partial charge in [-0.05, 0) is 19.1 Å². The summed E-state index contributed by atoms with van der Waals surface area (Å²) >= 11 is 0.487. The Morgan fingerprint density at radius 3 is 2.52 bits per heavy atom. The van der Waals surface area contributed by atoms with Crippen molar-refractivity contribution in [1.29, 1.82) is 0 Å². The second-order valence-corrected chi connectivity index (χ2v) is 5.18. The first kappa shape index (κ1) is 15.2. The van der Waals surface area contributed by atoms with Crippen LogP contribution < -0.4 is 5.32 Å². The molecule has 0 bridgehead atoms. The zero-order chi connectivity index (χ0) is 15.6. The third kappa shape index (κ3) is 3.48. The first-order chi connectivity index (χ1) is 9.79. The Hall–Kier alpha value is -2.16. The van der Waals surface area contributed by atoms with Crippen LogP contribution in [0.3, 0.4) is 0 Å². The van der Waals surface area contributed by atoms with Crippen molar-refractivity contribution in [3.63, 3.8) is 0 Å². The average Bonchev–Trinajstić information content (AvgIpc) is 3.08. The van der Waals surface area contributed by atoms with E-state index in [4.69, 9.17) is 4.52 Å². The Bertz CT molecular complexity index is 649. The van der Waals surface area contributed by atoms with Crippen molar-refractivity contribution in [2.75, 3.05) is 0 Å². The van der Waals surface area contributed by atoms with E-state index in [-0.39, 0.29) is 4.88 Å². The minimum atomic E-state index is -4.95. The number of halogens is 3. The van der Waals surface area contributed by atoms with E-state index in [1.54, 1.807) is 13.0 Å². The number of alkyl halides is 3. The highest BCUT2D eigenvalue weighted by atomic mass is 32.1. The summed E-state index contributed by atoms with van der Waals surface area (Å²) in [5, 5.41) is 6.02. The van der Waals surface area contributed by atoms with Crippen molar-refractivity contribution in [2.24, 2.45) is 0 Å². The smallest absolute Gasteiger partial charge is 0.359 e. The predicted octanol–water partition coefficient (Wildman–Crippen LogP) is 2.97. The second-order valence-electron chi connectivity index (χ2n) is 4.10. The van der Waals surface area contributed by atoms with E-state index in [1.165, 1.54) is 12.3 Å². The molecule has 0 spiro atoms. The van der Waals surface area contributed by atoms with Gasteiger partial charge in [-0.2, -0.15) is 13.2 Å². The lowest BCUT2D eigenvalue weighted by molar-refractivity contribution is -0.0882. The van der Waals surface area contributed by atoms with Gasteiger partial charge in [0, 0.05) is 6.07 Å². The molecule has 0 saturated carbocycles. The van der Waals surface area contributed by atoms with Gasteiger partial charge < -0.3 is 9.84 Å². The van der Waals surface area contributed by atoms with Crippen molar-refractivity contribution in [3.8, 4) is 0 Å². The number of hydrogen-bond acceptors (Lipinski definition) is 5. The minimum Gasteiger partial charge on any atom is -0.359 e. The Morgan fingerprint density at radius 2 is 1.95 bits per heavy atom. The molecule has 1 unspecified atom stereocenters. The SMILES string of the molecule is CC(NC(=O)c1ccc(C(=O)C(F)(F)F)s1)c1ccno1. The number of nitrogens with one attached hydrogen (secondary N) is 1. The largest absolute Gasteiger partial charge is 0.455 e. The topological polar surface area (TPSA) is 72.2 Å². The highest BCUT2D eigenvalue weighted by Crippen LogP contribution is 2.26. The lowest BCUT2D eigenvalue weighted by Crippen LogP contribution is -2.25. The second kappa shape index (κ2) is 5.68. The molecule has 1 atom stereocenters. The number of carbonyl (C=O) groups is 2. The fourth-order valence-corrected chi connectivity index (χ4v) is 2.38. The van der Waals surface area contributed by atoms with Crippen LogP contribution in [-0.2, 0) is 0 Å². The number of amides is 1. The van der Waals surface area contributed by atoms with Gasteiger partial charge in [-0.15, -0.1) is 11.3 Å². The molecule has 21 heavy (non-hydrogen) atoms. The first-order valence-electron chi connectivity index (χ1n) is 5.72. The van der Waals surface area contributed by atoms with Gasteiger partial charge in [0.15, 0.2) is 5.76 Å². The Morgan fingerprint density at radius 1 is 1.29 bits per heavy atom. The molecule has 0 fully saturated rings. The summed E-state index contributed by atoms with van der Waals surface area (Å²) in [6.45, 7) is 1.63. The van der Waals surface area contributed by atoms with Crippen LogP contribution in [0.5, 0.6) is 0 Å². The van der Waals surface area contributed by atoms with Gasteiger partial charge in [0.1, 0.15) is 0 Å². The standard InChI is InChI=1S/C12H9F3N2O3S/c1-6(7-4-5-16-20-7)17-11(19)9-3-2-8(21-9)10(18)12(13,14)15/h2-6H,1H3,(H,17,19). The average molecular weight is 318 g/mol. The number of hydrogen-bond donors (Lipinski definition) is 1. The molecule has 0 aromatic carbocycles. The van der Waals surface area contributed by atoms with Crippen molar-refractivity contribution in [2.45, 2.75) is 19.1 Å². The zero-order valence-electron chi connectivity index (χ0n) is 10.6. The molecular formula is C12H9F3N2O3S. The lowest BCUT2D eigenvalue weighted by atomic mass is 10.2. The molecule has 5 nitrogen and oxygen atoms in total. The van der Waals surface area contributed by atoms with E-state index in [2.05, 4.69) is 10.5 Å². The van der Waals surface area contributed by atoms with Crippen LogP contribution in [0.2, 0.25) is 0 Å². The highest BCUT2D eigenvalue weighted by Gasteiger charge is 2.40. The number of nitrogens with zero attached hydrogens (tertiary/aromatic N) is 1. The fraction of sp³-hybridized carbons (Fsp3) is 0.250. The summed E-state index contributed by atoms with van der Waals surface area (Å²) in [5.74, 6) is -2.15. The Kier molecular flexibility index (Phi) is 4.12. The van der Waals surface area contributed by atoms with Crippen LogP contribution in [-0.4, -0.2) is 23.0 Å². The summed E-state index contributed by atoms with van der Waals surface area (Å²) in [7, 11) is 0. The maximum atomic E-state index is 12.3. The van der Waals surface area contributed by atoms with Gasteiger partial charge >= 0.3 is 6.18 Å². The van der Waals surface area contributed by atoms with Gasteiger partial charge in [0.25, 0.3) is 11.7 Å². The molecule has 9 heteroatoms. The number of aromatic nitrogens is 1. The van der Waals surface area contributed by atoms with Crippen molar-refractivity contribution >= 4 is 23.0 Å².